The Hall–Kier alpha value is -1.32. The molecular formula is C12H19N3O. The van der Waals surface area contributed by atoms with Gasteiger partial charge in [0.05, 0.1) is 0 Å². The Balaban J connectivity index is 2.07. The maximum absolute atomic E-state index is 11.4. The Labute approximate surface area is 95.5 Å². The summed E-state index contributed by atoms with van der Waals surface area (Å²) >= 11 is 0. The molecule has 16 heavy (non-hydrogen) atoms. The summed E-state index contributed by atoms with van der Waals surface area (Å²) in [6.45, 7) is 1.99. The third-order valence-electron chi connectivity index (χ3n) is 3.08. The highest BCUT2D eigenvalue weighted by Crippen LogP contribution is 2.20. The molecule has 1 saturated carbocycles. The van der Waals surface area contributed by atoms with E-state index >= 15 is 0 Å². The van der Waals surface area contributed by atoms with Crippen molar-refractivity contribution in [1.82, 2.24) is 9.97 Å². The number of hydrogen-bond acceptors (Lipinski definition) is 3. The maximum atomic E-state index is 11.4. The van der Waals surface area contributed by atoms with Crippen molar-refractivity contribution < 1.29 is 0 Å². The van der Waals surface area contributed by atoms with Gasteiger partial charge < -0.3 is 10.3 Å². The molecule has 2 N–H and O–H groups in total. The fourth-order valence-corrected chi connectivity index (χ4v) is 2.21. The fourth-order valence-electron chi connectivity index (χ4n) is 2.21. The van der Waals surface area contributed by atoms with Crippen molar-refractivity contribution in [3.8, 4) is 0 Å². The summed E-state index contributed by atoms with van der Waals surface area (Å²) < 4.78 is 0. The van der Waals surface area contributed by atoms with E-state index in [0.717, 1.165) is 18.1 Å². The number of aryl methyl sites for hydroxylation is 1. The molecule has 1 aromatic heterocycles. The van der Waals surface area contributed by atoms with Crippen LogP contribution in [0.15, 0.2) is 10.9 Å². The molecule has 1 aliphatic rings. The summed E-state index contributed by atoms with van der Waals surface area (Å²) in [5.41, 5.74) is -0.0647. The molecule has 4 nitrogen and oxygen atoms in total. The van der Waals surface area contributed by atoms with Crippen LogP contribution in [0.3, 0.4) is 0 Å². The number of nitrogens with one attached hydrogen (secondary N) is 2. The molecule has 0 amide bonds. The minimum absolute atomic E-state index is 0.0647. The van der Waals surface area contributed by atoms with E-state index in [1.165, 1.54) is 32.1 Å². The quantitative estimate of drug-likeness (QED) is 0.821. The molecule has 1 aromatic rings. The zero-order valence-electron chi connectivity index (χ0n) is 9.75. The van der Waals surface area contributed by atoms with E-state index in [1.807, 2.05) is 6.92 Å². The minimum atomic E-state index is -0.0647. The second-order valence-electron chi connectivity index (χ2n) is 4.41. The highest BCUT2D eigenvalue weighted by atomic mass is 16.1. The summed E-state index contributed by atoms with van der Waals surface area (Å²) in [5.74, 6) is 1.48. The van der Waals surface area contributed by atoms with Crippen LogP contribution in [0, 0.1) is 0 Å². The van der Waals surface area contributed by atoms with Crippen molar-refractivity contribution in [2.24, 2.45) is 0 Å². The van der Waals surface area contributed by atoms with Crippen LogP contribution in [0.2, 0.25) is 0 Å². The first kappa shape index (κ1) is 11.2. The summed E-state index contributed by atoms with van der Waals surface area (Å²) in [7, 11) is 0. The largest absolute Gasteiger partial charge is 0.367 e. The standard InChI is InChI=1S/C12H19N3O/c1-2-10-14-11(8-12(16)15-10)13-9-6-4-3-5-7-9/h8-9H,2-7H2,1H3,(H2,13,14,15,16). The van der Waals surface area contributed by atoms with Gasteiger partial charge in [0.15, 0.2) is 0 Å². The van der Waals surface area contributed by atoms with Crippen LogP contribution in [0.25, 0.3) is 0 Å². The molecule has 0 saturated heterocycles. The number of nitrogens with zero attached hydrogens (tertiary/aromatic N) is 1. The Kier molecular flexibility index (Phi) is 3.59. The molecule has 1 heterocycles. The average molecular weight is 221 g/mol. The van der Waals surface area contributed by atoms with Crippen molar-refractivity contribution >= 4 is 5.82 Å². The van der Waals surface area contributed by atoms with Gasteiger partial charge in [0.2, 0.25) is 0 Å². The summed E-state index contributed by atoms with van der Waals surface area (Å²) in [6, 6.07) is 2.04. The van der Waals surface area contributed by atoms with E-state index in [4.69, 9.17) is 0 Å². The molecule has 0 atom stereocenters. The van der Waals surface area contributed by atoms with Crippen LogP contribution in [0.4, 0.5) is 5.82 Å². The fraction of sp³-hybridized carbons (Fsp3) is 0.667. The Morgan fingerprint density at radius 3 is 2.88 bits per heavy atom. The van der Waals surface area contributed by atoms with Crippen LogP contribution in [-0.4, -0.2) is 16.0 Å². The van der Waals surface area contributed by atoms with Gasteiger partial charge in [0.25, 0.3) is 5.56 Å². The average Bonchev–Trinajstić information content (AvgIpc) is 2.29. The third kappa shape index (κ3) is 2.84. The summed E-state index contributed by atoms with van der Waals surface area (Å²) in [5, 5.41) is 3.37. The molecule has 1 aliphatic carbocycles. The number of hydrogen-bond donors (Lipinski definition) is 2. The van der Waals surface area contributed by atoms with Gasteiger partial charge in [-0.3, -0.25) is 4.79 Å². The predicted molar refractivity (Wildman–Crippen MR) is 64.7 cm³/mol. The van der Waals surface area contributed by atoms with E-state index in [-0.39, 0.29) is 5.56 Å². The molecule has 0 bridgehead atoms. The van der Waals surface area contributed by atoms with Gasteiger partial charge in [0, 0.05) is 18.5 Å². The highest BCUT2D eigenvalue weighted by Gasteiger charge is 2.13. The molecule has 0 radical (unpaired) electrons. The molecule has 1 fully saturated rings. The number of rotatable bonds is 3. The van der Waals surface area contributed by atoms with Crippen LogP contribution >= 0.6 is 0 Å². The molecule has 0 aliphatic heterocycles. The lowest BCUT2D eigenvalue weighted by Crippen LogP contribution is -2.24. The van der Waals surface area contributed by atoms with Gasteiger partial charge in [-0.25, -0.2) is 4.98 Å². The zero-order chi connectivity index (χ0) is 11.4. The topological polar surface area (TPSA) is 57.8 Å². The third-order valence-corrected chi connectivity index (χ3v) is 3.08. The molecule has 4 heteroatoms. The van der Waals surface area contributed by atoms with Crippen LogP contribution in [0.5, 0.6) is 0 Å². The lowest BCUT2D eigenvalue weighted by Gasteiger charge is -2.23. The SMILES string of the molecule is CCc1nc(NC2CCCCC2)cc(=O)[nH]1. The number of aromatic amines is 1. The van der Waals surface area contributed by atoms with E-state index in [1.54, 1.807) is 6.07 Å². The predicted octanol–water partition coefficient (Wildman–Crippen LogP) is 2.08. The lowest BCUT2D eigenvalue weighted by atomic mass is 9.95. The number of aromatic nitrogens is 2. The Morgan fingerprint density at radius 1 is 1.44 bits per heavy atom. The molecular weight excluding hydrogens is 202 g/mol. The van der Waals surface area contributed by atoms with Gasteiger partial charge in [-0.1, -0.05) is 26.2 Å². The molecule has 0 unspecified atom stereocenters. The van der Waals surface area contributed by atoms with Gasteiger partial charge >= 0.3 is 0 Å². The van der Waals surface area contributed by atoms with Gasteiger partial charge in [-0.05, 0) is 12.8 Å². The molecule has 2 rings (SSSR count). The van der Waals surface area contributed by atoms with Crippen LogP contribution < -0.4 is 10.9 Å². The van der Waals surface area contributed by atoms with Crippen LogP contribution in [-0.2, 0) is 6.42 Å². The normalized spacial score (nSPS) is 17.3. The van der Waals surface area contributed by atoms with Crippen molar-refractivity contribution in [1.29, 1.82) is 0 Å². The first-order valence-electron chi connectivity index (χ1n) is 6.14. The van der Waals surface area contributed by atoms with Crippen molar-refractivity contribution in [3.05, 3.63) is 22.2 Å². The number of H-pyrrole nitrogens is 1. The van der Waals surface area contributed by atoms with Gasteiger partial charge in [-0.15, -0.1) is 0 Å². The van der Waals surface area contributed by atoms with E-state index in [9.17, 15) is 4.79 Å². The Morgan fingerprint density at radius 2 is 2.19 bits per heavy atom. The second kappa shape index (κ2) is 5.14. The van der Waals surface area contributed by atoms with Crippen molar-refractivity contribution in [3.63, 3.8) is 0 Å². The first-order valence-corrected chi connectivity index (χ1v) is 6.14. The molecule has 88 valence electrons. The summed E-state index contributed by atoms with van der Waals surface area (Å²) in [6.07, 6.45) is 7.03. The lowest BCUT2D eigenvalue weighted by molar-refractivity contribution is 0.461. The van der Waals surface area contributed by atoms with E-state index in [0.29, 0.717) is 6.04 Å². The van der Waals surface area contributed by atoms with Crippen molar-refractivity contribution in [2.45, 2.75) is 51.5 Å². The molecule has 0 spiro atoms. The smallest absolute Gasteiger partial charge is 0.252 e. The van der Waals surface area contributed by atoms with E-state index in [2.05, 4.69) is 15.3 Å². The first-order chi connectivity index (χ1) is 7.78. The monoisotopic (exact) mass is 221 g/mol. The number of anilines is 1. The van der Waals surface area contributed by atoms with Gasteiger partial charge in [-0.2, -0.15) is 0 Å². The van der Waals surface area contributed by atoms with E-state index < -0.39 is 0 Å². The zero-order valence-corrected chi connectivity index (χ0v) is 9.75. The van der Waals surface area contributed by atoms with Gasteiger partial charge in [0.1, 0.15) is 11.6 Å². The Bertz CT molecular complexity index is 393. The summed E-state index contributed by atoms with van der Waals surface area (Å²) in [4.78, 5) is 18.5. The van der Waals surface area contributed by atoms with Crippen LogP contribution in [0.1, 0.15) is 44.9 Å². The van der Waals surface area contributed by atoms with Crippen molar-refractivity contribution in [2.75, 3.05) is 5.32 Å². The second-order valence-corrected chi connectivity index (χ2v) is 4.41. The minimum Gasteiger partial charge on any atom is -0.367 e. The molecule has 0 aromatic carbocycles. The maximum Gasteiger partial charge on any atom is 0.252 e. The highest BCUT2D eigenvalue weighted by molar-refractivity contribution is 5.34.